The minimum atomic E-state index is -0.212. The minimum Gasteiger partial charge on any atom is -0.359 e. The Labute approximate surface area is 104 Å². The van der Waals surface area contributed by atoms with E-state index in [1.807, 2.05) is 17.0 Å². The first-order valence-corrected chi connectivity index (χ1v) is 5.96. The van der Waals surface area contributed by atoms with Crippen LogP contribution >= 0.6 is 0 Å². The highest BCUT2D eigenvalue weighted by atomic mass is 16.5. The van der Waals surface area contributed by atoms with Crippen molar-refractivity contribution in [2.45, 2.75) is 18.9 Å². The van der Waals surface area contributed by atoms with E-state index in [-0.39, 0.29) is 11.9 Å². The molecule has 0 radical (unpaired) electrons. The van der Waals surface area contributed by atoms with Crippen LogP contribution in [0.15, 0.2) is 41.3 Å². The first kappa shape index (κ1) is 11.0. The molecule has 1 unspecified atom stereocenters. The molecule has 1 aliphatic rings. The fraction of sp³-hybridized carbons (Fsp3) is 0.308. The monoisotopic (exact) mass is 243 g/mol. The summed E-state index contributed by atoms with van der Waals surface area (Å²) in [5.41, 5.74) is 0.949. The maximum absolute atomic E-state index is 11.9. The molecule has 2 aromatic heterocycles. The average molecular weight is 243 g/mol. The predicted molar refractivity (Wildman–Crippen MR) is 63.5 cm³/mol. The molecule has 1 atom stereocenters. The number of aromatic nitrogens is 2. The first-order chi connectivity index (χ1) is 8.86. The van der Waals surface area contributed by atoms with Gasteiger partial charge in [-0.3, -0.25) is 9.78 Å². The van der Waals surface area contributed by atoms with E-state index >= 15 is 0 Å². The second-order valence-corrected chi connectivity index (χ2v) is 4.29. The summed E-state index contributed by atoms with van der Waals surface area (Å²) in [6, 6.07) is 5.39. The molecule has 1 aliphatic heterocycles. The van der Waals surface area contributed by atoms with Gasteiger partial charge in [0.15, 0.2) is 5.76 Å². The van der Waals surface area contributed by atoms with Crippen LogP contribution in [0.4, 0.5) is 0 Å². The van der Waals surface area contributed by atoms with Crippen molar-refractivity contribution in [2.75, 3.05) is 6.54 Å². The molecule has 0 saturated carbocycles. The summed E-state index contributed by atoms with van der Waals surface area (Å²) in [6.07, 6.45) is 6.57. The summed E-state index contributed by atoms with van der Waals surface area (Å²) in [4.78, 5) is 17.9. The van der Waals surface area contributed by atoms with Gasteiger partial charge >= 0.3 is 0 Å². The molecule has 3 rings (SSSR count). The van der Waals surface area contributed by atoms with Crippen LogP contribution in [0.3, 0.4) is 0 Å². The van der Waals surface area contributed by atoms with Crippen molar-refractivity contribution in [1.29, 1.82) is 0 Å². The molecule has 2 aromatic rings. The summed E-state index contributed by atoms with van der Waals surface area (Å²) in [5.74, 6) is 0.832. The SMILES string of the molecule is O=C1CCCN1C(c1cccnc1)c1ccno1. The third-order valence-electron chi connectivity index (χ3n) is 3.15. The van der Waals surface area contributed by atoms with Crippen LogP contribution in [0.25, 0.3) is 0 Å². The van der Waals surface area contributed by atoms with E-state index in [1.165, 1.54) is 0 Å². The normalized spacial score (nSPS) is 17.1. The molecule has 0 aliphatic carbocycles. The van der Waals surface area contributed by atoms with Crippen LogP contribution in [-0.2, 0) is 4.79 Å². The lowest BCUT2D eigenvalue weighted by Crippen LogP contribution is -2.30. The molecule has 5 heteroatoms. The van der Waals surface area contributed by atoms with E-state index < -0.39 is 0 Å². The average Bonchev–Trinajstić information content (AvgIpc) is 3.05. The standard InChI is InChI=1S/C13H13N3O2/c17-12-4-2-8-16(12)13(11-5-7-15-18-11)10-3-1-6-14-9-10/h1,3,5-7,9,13H,2,4,8H2. The maximum Gasteiger partial charge on any atom is 0.223 e. The number of amides is 1. The Balaban J connectivity index is 2.01. The molecule has 0 N–H and O–H groups in total. The number of carbonyl (C=O) groups excluding carboxylic acids is 1. The van der Waals surface area contributed by atoms with Crippen LogP contribution in [-0.4, -0.2) is 27.5 Å². The molecule has 0 bridgehead atoms. The maximum atomic E-state index is 11.9. The molecule has 0 spiro atoms. The summed E-state index contributed by atoms with van der Waals surface area (Å²) in [6.45, 7) is 0.749. The largest absolute Gasteiger partial charge is 0.359 e. The van der Waals surface area contributed by atoms with Crippen molar-refractivity contribution in [2.24, 2.45) is 0 Å². The third-order valence-corrected chi connectivity index (χ3v) is 3.15. The number of hydrogen-bond donors (Lipinski definition) is 0. The number of hydrogen-bond acceptors (Lipinski definition) is 4. The molecule has 3 heterocycles. The van der Waals surface area contributed by atoms with Crippen LogP contribution in [0.5, 0.6) is 0 Å². The highest BCUT2D eigenvalue weighted by molar-refractivity contribution is 5.79. The number of pyridine rings is 1. The van der Waals surface area contributed by atoms with E-state index in [0.717, 1.165) is 18.5 Å². The van der Waals surface area contributed by atoms with Gasteiger partial charge in [-0.2, -0.15) is 0 Å². The Kier molecular flexibility index (Phi) is 2.80. The fourth-order valence-corrected chi connectivity index (χ4v) is 2.34. The summed E-state index contributed by atoms with van der Waals surface area (Å²) >= 11 is 0. The number of nitrogens with zero attached hydrogens (tertiary/aromatic N) is 3. The van der Waals surface area contributed by atoms with Gasteiger partial charge in [0.05, 0.1) is 6.20 Å². The molecule has 1 fully saturated rings. The van der Waals surface area contributed by atoms with E-state index in [9.17, 15) is 4.79 Å². The zero-order valence-electron chi connectivity index (χ0n) is 9.82. The number of likely N-dealkylation sites (tertiary alicyclic amines) is 1. The van der Waals surface area contributed by atoms with Gasteiger partial charge in [-0.25, -0.2) is 0 Å². The fourth-order valence-electron chi connectivity index (χ4n) is 2.34. The molecular weight excluding hydrogens is 230 g/mol. The molecule has 0 aromatic carbocycles. The predicted octanol–water partition coefficient (Wildman–Crippen LogP) is 1.78. The van der Waals surface area contributed by atoms with Gasteiger partial charge in [-0.15, -0.1) is 0 Å². The smallest absolute Gasteiger partial charge is 0.223 e. The zero-order chi connectivity index (χ0) is 12.4. The van der Waals surface area contributed by atoms with E-state index in [2.05, 4.69) is 10.1 Å². The van der Waals surface area contributed by atoms with Crippen molar-refractivity contribution in [3.63, 3.8) is 0 Å². The molecule has 92 valence electrons. The number of rotatable bonds is 3. The molecular formula is C13H13N3O2. The second-order valence-electron chi connectivity index (χ2n) is 4.29. The Morgan fingerprint density at radius 2 is 2.28 bits per heavy atom. The highest BCUT2D eigenvalue weighted by Crippen LogP contribution is 2.31. The first-order valence-electron chi connectivity index (χ1n) is 5.96. The number of carbonyl (C=O) groups is 1. The van der Waals surface area contributed by atoms with E-state index in [0.29, 0.717) is 12.2 Å². The highest BCUT2D eigenvalue weighted by Gasteiger charge is 2.32. The van der Waals surface area contributed by atoms with Gasteiger partial charge in [0.1, 0.15) is 6.04 Å². The van der Waals surface area contributed by atoms with Gasteiger partial charge in [0.25, 0.3) is 0 Å². The van der Waals surface area contributed by atoms with Crippen molar-refractivity contribution >= 4 is 5.91 Å². The van der Waals surface area contributed by atoms with E-state index in [4.69, 9.17) is 4.52 Å². The Bertz CT molecular complexity index is 524. The van der Waals surface area contributed by atoms with Gasteiger partial charge in [-0.05, 0) is 12.5 Å². The van der Waals surface area contributed by atoms with Gasteiger partial charge < -0.3 is 9.42 Å². The van der Waals surface area contributed by atoms with Crippen LogP contribution in [0.1, 0.15) is 30.2 Å². The van der Waals surface area contributed by atoms with Gasteiger partial charge in [0.2, 0.25) is 5.91 Å². The van der Waals surface area contributed by atoms with Crippen molar-refractivity contribution in [3.05, 3.63) is 48.1 Å². The minimum absolute atomic E-state index is 0.153. The van der Waals surface area contributed by atoms with Crippen LogP contribution in [0.2, 0.25) is 0 Å². The van der Waals surface area contributed by atoms with Crippen molar-refractivity contribution in [1.82, 2.24) is 15.0 Å². The molecule has 5 nitrogen and oxygen atoms in total. The van der Waals surface area contributed by atoms with E-state index in [1.54, 1.807) is 24.7 Å². The van der Waals surface area contributed by atoms with Crippen molar-refractivity contribution < 1.29 is 9.32 Å². The van der Waals surface area contributed by atoms with Gasteiger partial charge in [-0.1, -0.05) is 11.2 Å². The molecule has 18 heavy (non-hydrogen) atoms. The Morgan fingerprint density at radius 3 is 2.89 bits per heavy atom. The van der Waals surface area contributed by atoms with Crippen molar-refractivity contribution in [3.8, 4) is 0 Å². The van der Waals surface area contributed by atoms with Crippen LogP contribution < -0.4 is 0 Å². The third kappa shape index (κ3) is 1.88. The quantitative estimate of drug-likeness (QED) is 0.824. The molecule has 1 amide bonds. The van der Waals surface area contributed by atoms with Gasteiger partial charge in [0, 0.05) is 37.0 Å². The lowest BCUT2D eigenvalue weighted by Gasteiger charge is -2.25. The second kappa shape index (κ2) is 4.60. The zero-order valence-corrected chi connectivity index (χ0v) is 9.82. The Morgan fingerprint density at radius 1 is 1.33 bits per heavy atom. The molecule has 1 saturated heterocycles. The Hall–Kier alpha value is -2.17. The van der Waals surface area contributed by atoms with Crippen LogP contribution in [0, 0.1) is 0 Å². The topological polar surface area (TPSA) is 59.2 Å². The summed E-state index contributed by atoms with van der Waals surface area (Å²) in [7, 11) is 0. The summed E-state index contributed by atoms with van der Waals surface area (Å²) < 4.78 is 5.24. The summed E-state index contributed by atoms with van der Waals surface area (Å²) in [5, 5.41) is 3.73. The lowest BCUT2D eigenvalue weighted by atomic mass is 10.1. The lowest BCUT2D eigenvalue weighted by molar-refractivity contribution is -0.129.